The van der Waals surface area contributed by atoms with Crippen LogP contribution in [0.1, 0.15) is 30.6 Å². The van der Waals surface area contributed by atoms with Gasteiger partial charge in [0.1, 0.15) is 0 Å². The van der Waals surface area contributed by atoms with E-state index in [2.05, 4.69) is 10.0 Å². The number of nitrogens with one attached hydrogen (secondary N) is 2. The van der Waals surface area contributed by atoms with Crippen LogP contribution in [0.2, 0.25) is 0 Å². The molecule has 2 heterocycles. The second-order valence-corrected chi connectivity index (χ2v) is 8.57. The molecule has 3 rings (SSSR count). The van der Waals surface area contributed by atoms with Crippen LogP contribution in [0.25, 0.3) is 0 Å². The molecule has 0 spiro atoms. The third kappa shape index (κ3) is 4.50. The summed E-state index contributed by atoms with van der Waals surface area (Å²) in [6, 6.07) is 2.42. The molecule has 0 radical (unpaired) electrons. The van der Waals surface area contributed by atoms with Gasteiger partial charge in [-0.3, -0.25) is 0 Å². The minimum Gasteiger partial charge on any atom is -0.381 e. The van der Waals surface area contributed by atoms with E-state index in [0.29, 0.717) is 23.4 Å². The Kier molecular flexibility index (Phi) is 4.96. The second-order valence-electron chi connectivity index (χ2n) is 5.81. The summed E-state index contributed by atoms with van der Waals surface area (Å²) in [5.41, 5.74) is 0. The fourth-order valence-electron chi connectivity index (χ4n) is 2.39. The van der Waals surface area contributed by atoms with Gasteiger partial charge in [0.2, 0.25) is 10.0 Å². The molecule has 1 aliphatic carbocycles. The molecule has 2 fully saturated rings. The molecular formula is C14H22N2O3S2. The van der Waals surface area contributed by atoms with Crippen molar-refractivity contribution >= 4 is 21.4 Å². The molecule has 1 aromatic heterocycles. The minimum atomic E-state index is -3.37. The molecule has 0 bridgehead atoms. The summed E-state index contributed by atoms with van der Waals surface area (Å²) < 4.78 is 32.6. The quantitative estimate of drug-likeness (QED) is 0.799. The van der Waals surface area contributed by atoms with Crippen molar-refractivity contribution in [2.75, 3.05) is 19.8 Å². The molecule has 1 aliphatic heterocycles. The van der Waals surface area contributed by atoms with Crippen LogP contribution in [-0.4, -0.2) is 34.2 Å². The van der Waals surface area contributed by atoms with Crippen molar-refractivity contribution in [3.05, 3.63) is 16.3 Å². The van der Waals surface area contributed by atoms with E-state index in [1.807, 2.05) is 0 Å². The average molecular weight is 330 g/mol. The fourth-order valence-corrected chi connectivity index (χ4v) is 4.73. The summed E-state index contributed by atoms with van der Waals surface area (Å²) in [7, 11) is -3.37. The lowest BCUT2D eigenvalue weighted by Gasteiger charge is -2.21. The van der Waals surface area contributed by atoms with Crippen LogP contribution >= 0.6 is 11.3 Å². The smallest absolute Gasteiger partial charge is 0.241 e. The lowest BCUT2D eigenvalue weighted by atomic mass is 10.0. The SMILES string of the molecule is O=S(=O)(NCC1CCOCC1)c1csc(CNC2CC2)c1. The van der Waals surface area contributed by atoms with E-state index in [-0.39, 0.29) is 0 Å². The van der Waals surface area contributed by atoms with Crippen LogP contribution in [0.15, 0.2) is 16.3 Å². The first-order chi connectivity index (χ1) is 10.1. The molecule has 7 heteroatoms. The lowest BCUT2D eigenvalue weighted by Crippen LogP contribution is -2.32. The third-order valence-corrected chi connectivity index (χ3v) is 6.47. The lowest BCUT2D eigenvalue weighted by molar-refractivity contribution is 0.0678. The van der Waals surface area contributed by atoms with Gasteiger partial charge in [-0.05, 0) is 37.7 Å². The van der Waals surface area contributed by atoms with Gasteiger partial charge in [-0.25, -0.2) is 13.1 Å². The molecule has 2 aliphatic rings. The monoisotopic (exact) mass is 330 g/mol. The largest absolute Gasteiger partial charge is 0.381 e. The highest BCUT2D eigenvalue weighted by Gasteiger charge is 2.22. The summed E-state index contributed by atoms with van der Waals surface area (Å²) in [4.78, 5) is 1.47. The summed E-state index contributed by atoms with van der Waals surface area (Å²) in [6.45, 7) is 2.76. The summed E-state index contributed by atoms with van der Waals surface area (Å²) in [6.07, 6.45) is 4.35. The molecule has 0 amide bonds. The van der Waals surface area contributed by atoms with E-state index in [0.717, 1.165) is 37.5 Å². The Balaban J connectivity index is 1.53. The van der Waals surface area contributed by atoms with Crippen LogP contribution in [0.5, 0.6) is 0 Å². The molecule has 1 saturated carbocycles. The Morgan fingerprint density at radius 1 is 1.24 bits per heavy atom. The second kappa shape index (κ2) is 6.75. The number of ether oxygens (including phenoxy) is 1. The van der Waals surface area contributed by atoms with Crippen LogP contribution in [-0.2, 0) is 21.3 Å². The Bertz CT molecular complexity index is 561. The summed E-state index contributed by atoms with van der Waals surface area (Å²) >= 11 is 1.51. The molecule has 1 saturated heterocycles. The third-order valence-electron chi connectivity index (χ3n) is 3.99. The van der Waals surface area contributed by atoms with Crippen LogP contribution in [0.4, 0.5) is 0 Å². The fraction of sp³-hybridized carbons (Fsp3) is 0.714. The van der Waals surface area contributed by atoms with Crippen molar-refractivity contribution in [3.63, 3.8) is 0 Å². The molecule has 2 N–H and O–H groups in total. The predicted octanol–water partition coefficient (Wildman–Crippen LogP) is 1.70. The highest BCUT2D eigenvalue weighted by atomic mass is 32.2. The zero-order valence-electron chi connectivity index (χ0n) is 12.0. The zero-order valence-corrected chi connectivity index (χ0v) is 13.6. The van der Waals surface area contributed by atoms with E-state index < -0.39 is 10.0 Å². The van der Waals surface area contributed by atoms with Gasteiger partial charge in [-0.2, -0.15) is 0 Å². The Morgan fingerprint density at radius 3 is 2.71 bits per heavy atom. The van der Waals surface area contributed by atoms with Crippen molar-refractivity contribution in [1.29, 1.82) is 0 Å². The van der Waals surface area contributed by atoms with Gasteiger partial charge in [0.25, 0.3) is 0 Å². The van der Waals surface area contributed by atoms with E-state index in [1.165, 1.54) is 24.2 Å². The molecule has 1 aromatic rings. The maximum atomic E-state index is 12.3. The van der Waals surface area contributed by atoms with Crippen molar-refractivity contribution in [1.82, 2.24) is 10.0 Å². The number of hydrogen-bond donors (Lipinski definition) is 2. The first kappa shape index (κ1) is 15.4. The number of hydrogen-bond acceptors (Lipinski definition) is 5. The molecule has 0 aromatic carbocycles. The van der Waals surface area contributed by atoms with E-state index in [4.69, 9.17) is 4.74 Å². The number of rotatable bonds is 7. The average Bonchev–Trinajstić information content (AvgIpc) is 3.20. The molecule has 118 valence electrons. The van der Waals surface area contributed by atoms with Crippen LogP contribution in [0, 0.1) is 5.92 Å². The van der Waals surface area contributed by atoms with Crippen molar-refractivity contribution < 1.29 is 13.2 Å². The molecule has 0 atom stereocenters. The minimum absolute atomic E-state index is 0.392. The van der Waals surface area contributed by atoms with Gasteiger partial charge in [0, 0.05) is 42.6 Å². The van der Waals surface area contributed by atoms with Crippen molar-refractivity contribution in [2.24, 2.45) is 5.92 Å². The van der Waals surface area contributed by atoms with Gasteiger partial charge in [0.15, 0.2) is 0 Å². The van der Waals surface area contributed by atoms with Crippen molar-refractivity contribution in [2.45, 2.75) is 43.2 Å². The number of thiophene rings is 1. The van der Waals surface area contributed by atoms with Gasteiger partial charge in [-0.1, -0.05) is 0 Å². The molecule has 0 unspecified atom stereocenters. The standard InChI is InChI=1S/C14H22N2O3S2/c17-21(18,16-8-11-3-5-19-6-4-11)14-7-13(20-10-14)9-15-12-1-2-12/h7,10-12,15-16H,1-6,8-9H2. The zero-order chi connectivity index (χ0) is 14.7. The predicted molar refractivity (Wildman–Crippen MR) is 82.9 cm³/mol. The van der Waals surface area contributed by atoms with E-state index in [9.17, 15) is 8.42 Å². The highest BCUT2D eigenvalue weighted by molar-refractivity contribution is 7.89. The maximum absolute atomic E-state index is 12.3. The van der Waals surface area contributed by atoms with Gasteiger partial charge in [0.05, 0.1) is 4.90 Å². The normalized spacial score (nSPS) is 20.8. The molecule has 5 nitrogen and oxygen atoms in total. The summed E-state index contributed by atoms with van der Waals surface area (Å²) in [5.74, 6) is 0.392. The van der Waals surface area contributed by atoms with Crippen molar-refractivity contribution in [3.8, 4) is 0 Å². The molecule has 21 heavy (non-hydrogen) atoms. The highest BCUT2D eigenvalue weighted by Crippen LogP contribution is 2.23. The van der Waals surface area contributed by atoms with Gasteiger partial charge in [-0.15, -0.1) is 11.3 Å². The maximum Gasteiger partial charge on any atom is 0.241 e. The van der Waals surface area contributed by atoms with Crippen LogP contribution < -0.4 is 10.0 Å². The summed E-state index contributed by atoms with van der Waals surface area (Å²) in [5, 5.41) is 5.14. The Hall–Kier alpha value is -0.470. The first-order valence-corrected chi connectivity index (χ1v) is 9.88. The first-order valence-electron chi connectivity index (χ1n) is 7.52. The van der Waals surface area contributed by atoms with E-state index in [1.54, 1.807) is 11.4 Å². The topological polar surface area (TPSA) is 67.4 Å². The van der Waals surface area contributed by atoms with Gasteiger partial charge >= 0.3 is 0 Å². The number of sulfonamides is 1. The van der Waals surface area contributed by atoms with Gasteiger partial charge < -0.3 is 10.1 Å². The van der Waals surface area contributed by atoms with Crippen LogP contribution in [0.3, 0.4) is 0 Å². The van der Waals surface area contributed by atoms with E-state index >= 15 is 0 Å². The Morgan fingerprint density at radius 2 is 2.00 bits per heavy atom. The Labute approximate surface area is 130 Å². The molecular weight excluding hydrogens is 308 g/mol.